The summed E-state index contributed by atoms with van der Waals surface area (Å²) in [5, 5.41) is 8.48. The van der Waals surface area contributed by atoms with Gasteiger partial charge in [-0.05, 0) is 19.3 Å². The SMILES string of the molecule is CN(C(=O)CO)C1CCC1. The van der Waals surface area contributed by atoms with E-state index in [0.29, 0.717) is 6.04 Å². The lowest BCUT2D eigenvalue weighted by Gasteiger charge is -2.34. The Labute approximate surface area is 60.6 Å². The number of rotatable bonds is 2. The fourth-order valence-electron chi connectivity index (χ4n) is 1.09. The van der Waals surface area contributed by atoms with Crippen LogP contribution >= 0.6 is 0 Å². The van der Waals surface area contributed by atoms with Crippen LogP contribution in [0.1, 0.15) is 19.3 Å². The number of hydrogen-bond acceptors (Lipinski definition) is 2. The summed E-state index contributed by atoms with van der Waals surface area (Å²) in [6, 6.07) is 0.402. The minimum absolute atomic E-state index is 0.162. The van der Waals surface area contributed by atoms with Crippen molar-refractivity contribution in [2.24, 2.45) is 0 Å². The Morgan fingerprint density at radius 2 is 2.30 bits per heavy atom. The minimum atomic E-state index is -0.354. The summed E-state index contributed by atoms with van der Waals surface area (Å²) in [4.78, 5) is 12.5. The summed E-state index contributed by atoms with van der Waals surface area (Å²) in [5.74, 6) is -0.162. The van der Waals surface area contributed by atoms with E-state index in [-0.39, 0.29) is 12.5 Å². The summed E-state index contributed by atoms with van der Waals surface area (Å²) in [7, 11) is 1.75. The van der Waals surface area contributed by atoms with Gasteiger partial charge in [0.25, 0.3) is 0 Å². The van der Waals surface area contributed by atoms with E-state index in [1.165, 1.54) is 6.42 Å². The first-order valence-corrected chi connectivity index (χ1v) is 3.62. The van der Waals surface area contributed by atoms with Crippen LogP contribution in [0.5, 0.6) is 0 Å². The van der Waals surface area contributed by atoms with Crippen LogP contribution in [0.15, 0.2) is 0 Å². The number of aliphatic hydroxyl groups is 1. The fraction of sp³-hybridized carbons (Fsp3) is 0.857. The quantitative estimate of drug-likeness (QED) is 0.590. The number of aliphatic hydroxyl groups excluding tert-OH is 1. The summed E-state index contributed by atoms with van der Waals surface area (Å²) in [6.07, 6.45) is 3.41. The Bertz CT molecular complexity index is 132. The molecule has 3 nitrogen and oxygen atoms in total. The van der Waals surface area contributed by atoms with Gasteiger partial charge in [0.1, 0.15) is 6.61 Å². The van der Waals surface area contributed by atoms with Crippen molar-refractivity contribution in [1.82, 2.24) is 4.90 Å². The highest BCUT2D eigenvalue weighted by Gasteiger charge is 2.24. The molecule has 0 aromatic carbocycles. The highest BCUT2D eigenvalue weighted by atomic mass is 16.3. The zero-order valence-corrected chi connectivity index (χ0v) is 6.21. The number of hydrogen-bond donors (Lipinski definition) is 1. The lowest BCUT2D eigenvalue weighted by molar-refractivity contribution is -0.136. The number of carbonyl (C=O) groups is 1. The standard InChI is InChI=1S/C7H13NO2/c1-8(7(10)5-9)6-3-2-4-6/h6,9H,2-5H2,1H3. The van der Waals surface area contributed by atoms with Gasteiger partial charge in [0, 0.05) is 13.1 Å². The van der Waals surface area contributed by atoms with Crippen LogP contribution in [0.2, 0.25) is 0 Å². The molecule has 1 N–H and O–H groups in total. The average Bonchev–Trinajstić information content (AvgIpc) is 1.82. The molecule has 1 amide bonds. The summed E-state index contributed by atoms with van der Waals surface area (Å²) in [5.41, 5.74) is 0. The Kier molecular flexibility index (Phi) is 2.27. The van der Waals surface area contributed by atoms with Crippen LogP contribution in [0.3, 0.4) is 0 Å². The van der Waals surface area contributed by atoms with Crippen LogP contribution < -0.4 is 0 Å². The molecule has 0 aromatic rings. The van der Waals surface area contributed by atoms with Crippen molar-refractivity contribution in [2.75, 3.05) is 13.7 Å². The Balaban J connectivity index is 2.31. The summed E-state index contributed by atoms with van der Waals surface area (Å²) >= 11 is 0. The Morgan fingerprint density at radius 1 is 1.70 bits per heavy atom. The van der Waals surface area contributed by atoms with Crippen molar-refractivity contribution in [2.45, 2.75) is 25.3 Å². The maximum Gasteiger partial charge on any atom is 0.248 e. The molecule has 0 aromatic heterocycles. The van der Waals surface area contributed by atoms with Crippen LogP contribution in [0.4, 0.5) is 0 Å². The molecule has 0 bridgehead atoms. The van der Waals surface area contributed by atoms with Crippen molar-refractivity contribution < 1.29 is 9.90 Å². The normalized spacial score (nSPS) is 18.2. The molecule has 1 fully saturated rings. The second kappa shape index (κ2) is 3.01. The molecule has 58 valence electrons. The molecule has 0 unspecified atom stereocenters. The van der Waals surface area contributed by atoms with E-state index in [0.717, 1.165) is 12.8 Å². The van der Waals surface area contributed by atoms with Crippen LogP contribution in [0.25, 0.3) is 0 Å². The molecule has 3 heteroatoms. The Hall–Kier alpha value is -0.570. The molecule has 0 aliphatic heterocycles. The van der Waals surface area contributed by atoms with Crippen molar-refractivity contribution in [3.63, 3.8) is 0 Å². The highest BCUT2D eigenvalue weighted by molar-refractivity contribution is 5.77. The second-order valence-corrected chi connectivity index (χ2v) is 2.75. The molecule has 0 saturated heterocycles. The molecule has 1 saturated carbocycles. The molecular formula is C7H13NO2. The van der Waals surface area contributed by atoms with E-state index in [2.05, 4.69) is 0 Å². The first-order chi connectivity index (χ1) is 4.75. The van der Waals surface area contributed by atoms with E-state index in [1.54, 1.807) is 11.9 Å². The van der Waals surface area contributed by atoms with Gasteiger partial charge >= 0.3 is 0 Å². The zero-order chi connectivity index (χ0) is 7.56. The smallest absolute Gasteiger partial charge is 0.248 e. The number of nitrogens with zero attached hydrogens (tertiary/aromatic N) is 1. The largest absolute Gasteiger partial charge is 0.387 e. The molecular weight excluding hydrogens is 130 g/mol. The van der Waals surface area contributed by atoms with Crippen molar-refractivity contribution in [3.05, 3.63) is 0 Å². The van der Waals surface area contributed by atoms with E-state index in [4.69, 9.17) is 5.11 Å². The molecule has 1 rings (SSSR count). The second-order valence-electron chi connectivity index (χ2n) is 2.75. The Morgan fingerprint density at radius 3 is 2.60 bits per heavy atom. The average molecular weight is 143 g/mol. The van der Waals surface area contributed by atoms with E-state index in [1.807, 2.05) is 0 Å². The van der Waals surface area contributed by atoms with Gasteiger partial charge in [0.05, 0.1) is 0 Å². The molecule has 1 aliphatic rings. The lowest BCUT2D eigenvalue weighted by atomic mass is 9.92. The molecule has 0 spiro atoms. The predicted octanol–water partition coefficient (Wildman–Crippen LogP) is -0.0104. The number of likely N-dealkylation sites (N-methyl/N-ethyl adjacent to an activating group) is 1. The van der Waals surface area contributed by atoms with Crippen LogP contribution in [-0.4, -0.2) is 35.6 Å². The molecule has 10 heavy (non-hydrogen) atoms. The third-order valence-electron chi connectivity index (χ3n) is 2.15. The zero-order valence-electron chi connectivity index (χ0n) is 6.21. The summed E-state index contributed by atoms with van der Waals surface area (Å²) in [6.45, 7) is -0.354. The van der Waals surface area contributed by atoms with Gasteiger partial charge in [-0.15, -0.1) is 0 Å². The minimum Gasteiger partial charge on any atom is -0.387 e. The highest BCUT2D eigenvalue weighted by Crippen LogP contribution is 2.23. The van der Waals surface area contributed by atoms with Gasteiger partial charge in [-0.2, -0.15) is 0 Å². The lowest BCUT2D eigenvalue weighted by Crippen LogP contribution is -2.42. The van der Waals surface area contributed by atoms with Gasteiger partial charge in [0.2, 0.25) is 5.91 Å². The van der Waals surface area contributed by atoms with Gasteiger partial charge in [-0.1, -0.05) is 0 Å². The first kappa shape index (κ1) is 7.54. The third-order valence-corrected chi connectivity index (χ3v) is 2.15. The fourth-order valence-corrected chi connectivity index (χ4v) is 1.09. The van der Waals surface area contributed by atoms with Crippen molar-refractivity contribution >= 4 is 5.91 Å². The third kappa shape index (κ3) is 1.29. The maximum atomic E-state index is 10.8. The molecule has 0 heterocycles. The van der Waals surface area contributed by atoms with Gasteiger partial charge in [0.15, 0.2) is 0 Å². The van der Waals surface area contributed by atoms with Crippen molar-refractivity contribution in [1.29, 1.82) is 0 Å². The monoisotopic (exact) mass is 143 g/mol. The maximum absolute atomic E-state index is 10.8. The van der Waals surface area contributed by atoms with Crippen LogP contribution in [-0.2, 0) is 4.79 Å². The van der Waals surface area contributed by atoms with Gasteiger partial charge in [-0.25, -0.2) is 0 Å². The van der Waals surface area contributed by atoms with E-state index >= 15 is 0 Å². The molecule has 0 radical (unpaired) electrons. The number of carbonyl (C=O) groups excluding carboxylic acids is 1. The van der Waals surface area contributed by atoms with Crippen LogP contribution in [0, 0.1) is 0 Å². The topological polar surface area (TPSA) is 40.5 Å². The first-order valence-electron chi connectivity index (χ1n) is 3.62. The predicted molar refractivity (Wildman–Crippen MR) is 37.5 cm³/mol. The van der Waals surface area contributed by atoms with Gasteiger partial charge < -0.3 is 10.0 Å². The summed E-state index contributed by atoms with van der Waals surface area (Å²) < 4.78 is 0. The van der Waals surface area contributed by atoms with Gasteiger partial charge in [-0.3, -0.25) is 4.79 Å². The van der Waals surface area contributed by atoms with E-state index in [9.17, 15) is 4.79 Å². The molecule has 1 aliphatic carbocycles. The van der Waals surface area contributed by atoms with Crippen molar-refractivity contribution in [3.8, 4) is 0 Å². The van der Waals surface area contributed by atoms with E-state index < -0.39 is 0 Å². The number of amides is 1. The molecule has 0 atom stereocenters.